The van der Waals surface area contributed by atoms with E-state index in [-0.39, 0.29) is 6.54 Å². The Balaban J connectivity index is 2.61. The summed E-state index contributed by atoms with van der Waals surface area (Å²) in [5, 5.41) is 9.96. The number of ether oxygens (including phenoxy) is 1. The highest BCUT2D eigenvalue weighted by atomic mass is 35.5. The van der Waals surface area contributed by atoms with Crippen LogP contribution in [0.4, 0.5) is 0 Å². The molecule has 5 nitrogen and oxygen atoms in total. The molecule has 92 valence electrons. The third-order valence-electron chi connectivity index (χ3n) is 2.66. The first-order valence-corrected chi connectivity index (χ1v) is 5.66. The minimum Gasteiger partial charge on any atom is -0.460 e. The predicted octanol–water partition coefficient (Wildman–Crippen LogP) is 2.45. The van der Waals surface area contributed by atoms with Crippen molar-refractivity contribution in [3.63, 3.8) is 0 Å². The van der Waals surface area contributed by atoms with Gasteiger partial charge in [0.05, 0.1) is 6.07 Å². The van der Waals surface area contributed by atoms with Crippen LogP contribution in [-0.4, -0.2) is 16.0 Å². The van der Waals surface area contributed by atoms with Crippen molar-refractivity contribution in [3.05, 3.63) is 29.0 Å². The smallest absolute Gasteiger partial charge is 0.293 e. The Kier molecular flexibility index (Phi) is 3.49. The fourth-order valence-corrected chi connectivity index (χ4v) is 1.99. The van der Waals surface area contributed by atoms with Crippen molar-refractivity contribution >= 4 is 29.1 Å². The molecule has 2 aromatic rings. The fraction of sp³-hybridized carbons (Fsp3) is 0.250. The molecular weight excluding hydrogens is 254 g/mol. The Bertz CT molecular complexity index is 630. The molecule has 0 saturated heterocycles. The molecule has 0 aliphatic heterocycles. The zero-order valence-corrected chi connectivity index (χ0v) is 10.4. The van der Waals surface area contributed by atoms with Crippen LogP contribution in [0.15, 0.2) is 18.3 Å². The lowest BCUT2D eigenvalue weighted by Gasteiger charge is -2.07. The molecule has 0 radical (unpaired) electrons. The zero-order valence-electron chi connectivity index (χ0n) is 9.63. The molecule has 0 saturated carbocycles. The molecule has 0 spiro atoms. The summed E-state index contributed by atoms with van der Waals surface area (Å²) in [6.45, 7) is 2.33. The van der Waals surface area contributed by atoms with Gasteiger partial charge in [0.15, 0.2) is 0 Å². The molecule has 0 aliphatic carbocycles. The Morgan fingerprint density at radius 2 is 2.44 bits per heavy atom. The number of rotatable bonds is 4. The summed E-state index contributed by atoms with van der Waals surface area (Å²) in [6.07, 6.45) is 1.36. The van der Waals surface area contributed by atoms with Crippen LogP contribution in [0, 0.1) is 11.3 Å². The van der Waals surface area contributed by atoms with Crippen LogP contribution in [-0.2, 0) is 16.1 Å². The third-order valence-corrected chi connectivity index (χ3v) is 2.87. The first-order chi connectivity index (χ1) is 8.67. The summed E-state index contributed by atoms with van der Waals surface area (Å²) < 4.78 is 6.60. The van der Waals surface area contributed by atoms with E-state index in [1.54, 1.807) is 29.8 Å². The second-order valence-corrected chi connectivity index (χ2v) is 4.14. The van der Waals surface area contributed by atoms with Crippen LogP contribution in [0.5, 0.6) is 0 Å². The van der Waals surface area contributed by atoms with Gasteiger partial charge in [0.25, 0.3) is 6.47 Å². The number of pyridine rings is 1. The van der Waals surface area contributed by atoms with Gasteiger partial charge in [-0.05, 0) is 19.1 Å². The van der Waals surface area contributed by atoms with Crippen LogP contribution >= 0.6 is 11.6 Å². The normalized spacial score (nSPS) is 12.1. The standard InChI is InChI=1S/C12H10ClN3O2/c1-8(18-7-17)10-6-16(5-4-14)12-9(10)2-3-11(13)15-12/h2-3,6-8H,5H2,1H3. The molecule has 2 rings (SSSR count). The molecular formula is C12H10ClN3O2. The quantitative estimate of drug-likeness (QED) is 0.628. The summed E-state index contributed by atoms with van der Waals surface area (Å²) in [4.78, 5) is 14.6. The minimum absolute atomic E-state index is 0.164. The Hall–Kier alpha value is -2.06. The number of carbonyl (C=O) groups excluding carboxylic acids is 1. The number of hydrogen-bond acceptors (Lipinski definition) is 4. The number of fused-ring (bicyclic) bond motifs is 1. The van der Waals surface area contributed by atoms with Gasteiger partial charge in [0, 0.05) is 17.1 Å². The summed E-state index contributed by atoms with van der Waals surface area (Å²) >= 11 is 5.85. The molecule has 1 atom stereocenters. The molecule has 0 amide bonds. The monoisotopic (exact) mass is 263 g/mol. The molecule has 6 heteroatoms. The average molecular weight is 264 g/mol. The van der Waals surface area contributed by atoms with Crippen molar-refractivity contribution in [1.29, 1.82) is 5.26 Å². The summed E-state index contributed by atoms with van der Waals surface area (Å²) in [6, 6.07) is 5.52. The van der Waals surface area contributed by atoms with E-state index in [1.807, 2.05) is 6.07 Å². The lowest BCUT2D eigenvalue weighted by molar-refractivity contribution is -0.133. The van der Waals surface area contributed by atoms with Gasteiger partial charge >= 0.3 is 0 Å². The van der Waals surface area contributed by atoms with E-state index in [9.17, 15) is 4.79 Å². The molecule has 0 aliphatic rings. The molecule has 0 bridgehead atoms. The van der Waals surface area contributed by atoms with Gasteiger partial charge in [-0.15, -0.1) is 0 Å². The van der Waals surface area contributed by atoms with E-state index in [0.29, 0.717) is 17.3 Å². The zero-order chi connectivity index (χ0) is 13.1. The third kappa shape index (κ3) is 2.15. The van der Waals surface area contributed by atoms with Crippen molar-refractivity contribution < 1.29 is 9.53 Å². The van der Waals surface area contributed by atoms with Gasteiger partial charge in [-0.2, -0.15) is 5.26 Å². The molecule has 2 aromatic heterocycles. The van der Waals surface area contributed by atoms with Crippen LogP contribution in [0.1, 0.15) is 18.6 Å². The van der Waals surface area contributed by atoms with Gasteiger partial charge in [-0.1, -0.05) is 11.6 Å². The van der Waals surface area contributed by atoms with Crippen LogP contribution in [0.25, 0.3) is 11.0 Å². The van der Waals surface area contributed by atoms with E-state index in [0.717, 1.165) is 10.9 Å². The highest BCUT2D eigenvalue weighted by Crippen LogP contribution is 2.28. The number of halogens is 1. The van der Waals surface area contributed by atoms with E-state index in [1.165, 1.54) is 0 Å². The summed E-state index contributed by atoms with van der Waals surface area (Å²) in [5.41, 5.74) is 1.41. The summed E-state index contributed by atoms with van der Waals surface area (Å²) in [5.74, 6) is 0. The van der Waals surface area contributed by atoms with E-state index in [4.69, 9.17) is 21.6 Å². The second kappa shape index (κ2) is 5.07. The molecule has 1 unspecified atom stereocenters. The first-order valence-electron chi connectivity index (χ1n) is 5.28. The molecule has 0 N–H and O–H groups in total. The Morgan fingerprint density at radius 3 is 3.11 bits per heavy atom. The maximum atomic E-state index is 10.4. The van der Waals surface area contributed by atoms with Gasteiger partial charge in [-0.3, -0.25) is 4.79 Å². The first kappa shape index (κ1) is 12.4. The topological polar surface area (TPSA) is 67.9 Å². The van der Waals surface area contributed by atoms with Crippen molar-refractivity contribution in [2.45, 2.75) is 19.6 Å². The van der Waals surface area contributed by atoms with E-state index in [2.05, 4.69) is 4.98 Å². The van der Waals surface area contributed by atoms with E-state index >= 15 is 0 Å². The van der Waals surface area contributed by atoms with Crippen LogP contribution < -0.4 is 0 Å². The molecule has 2 heterocycles. The number of nitriles is 1. The Labute approximate surface area is 109 Å². The predicted molar refractivity (Wildman–Crippen MR) is 65.9 cm³/mol. The minimum atomic E-state index is -0.395. The maximum absolute atomic E-state index is 10.4. The number of hydrogen-bond donors (Lipinski definition) is 0. The lowest BCUT2D eigenvalue weighted by atomic mass is 10.1. The fourth-order valence-electron chi connectivity index (χ4n) is 1.85. The second-order valence-electron chi connectivity index (χ2n) is 3.75. The van der Waals surface area contributed by atoms with Crippen LogP contribution in [0.2, 0.25) is 5.15 Å². The van der Waals surface area contributed by atoms with Gasteiger partial charge in [-0.25, -0.2) is 4.98 Å². The van der Waals surface area contributed by atoms with E-state index < -0.39 is 6.10 Å². The molecule has 0 aromatic carbocycles. The Morgan fingerprint density at radius 1 is 1.67 bits per heavy atom. The number of aromatic nitrogens is 2. The average Bonchev–Trinajstić information content (AvgIpc) is 2.69. The van der Waals surface area contributed by atoms with Crippen molar-refractivity contribution in [2.75, 3.05) is 0 Å². The van der Waals surface area contributed by atoms with Crippen LogP contribution in [0.3, 0.4) is 0 Å². The number of carbonyl (C=O) groups is 1. The van der Waals surface area contributed by atoms with Gasteiger partial charge in [0.1, 0.15) is 23.4 Å². The van der Waals surface area contributed by atoms with Crippen molar-refractivity contribution in [3.8, 4) is 6.07 Å². The van der Waals surface area contributed by atoms with Crippen molar-refractivity contribution in [1.82, 2.24) is 9.55 Å². The molecule has 18 heavy (non-hydrogen) atoms. The lowest BCUT2D eigenvalue weighted by Crippen LogP contribution is -1.97. The van der Waals surface area contributed by atoms with Crippen molar-refractivity contribution in [2.24, 2.45) is 0 Å². The highest BCUT2D eigenvalue weighted by molar-refractivity contribution is 6.29. The summed E-state index contributed by atoms with van der Waals surface area (Å²) in [7, 11) is 0. The van der Waals surface area contributed by atoms with Gasteiger partial charge < -0.3 is 9.30 Å². The SMILES string of the molecule is CC(OC=O)c1cn(CC#N)c2nc(Cl)ccc12. The highest BCUT2D eigenvalue weighted by Gasteiger charge is 2.16. The molecule has 0 fully saturated rings. The largest absolute Gasteiger partial charge is 0.460 e. The maximum Gasteiger partial charge on any atom is 0.293 e. The number of nitrogens with zero attached hydrogens (tertiary/aromatic N) is 3. The van der Waals surface area contributed by atoms with Gasteiger partial charge in [0.2, 0.25) is 0 Å².